The van der Waals surface area contributed by atoms with Crippen molar-refractivity contribution >= 4 is 22.5 Å². The lowest BCUT2D eigenvalue weighted by Gasteiger charge is -2.18. The summed E-state index contributed by atoms with van der Waals surface area (Å²) in [5.41, 5.74) is 1.94. The van der Waals surface area contributed by atoms with Gasteiger partial charge in [0, 0.05) is 23.6 Å². The van der Waals surface area contributed by atoms with Crippen LogP contribution in [0, 0.1) is 0 Å². The summed E-state index contributed by atoms with van der Waals surface area (Å²) in [6.45, 7) is 7.15. The van der Waals surface area contributed by atoms with Crippen molar-refractivity contribution in [1.29, 1.82) is 0 Å². The van der Waals surface area contributed by atoms with Crippen LogP contribution in [0.15, 0.2) is 24.3 Å². The van der Waals surface area contributed by atoms with Gasteiger partial charge in [-0.1, -0.05) is 25.4 Å². The Morgan fingerprint density at radius 1 is 1.21 bits per heavy atom. The molecule has 0 spiro atoms. The van der Waals surface area contributed by atoms with E-state index in [-0.39, 0.29) is 0 Å². The summed E-state index contributed by atoms with van der Waals surface area (Å²) in [6.07, 6.45) is 0. The highest BCUT2D eigenvalue weighted by Gasteiger charge is 2.09. The predicted octanol–water partition coefficient (Wildman–Crippen LogP) is 3.74. The Morgan fingerprint density at radius 3 is 2.58 bits per heavy atom. The fourth-order valence-electron chi connectivity index (χ4n) is 2.09. The van der Waals surface area contributed by atoms with E-state index in [0.717, 1.165) is 41.9 Å². The molecule has 2 aromatic rings. The number of nitrogens with zero attached hydrogens (tertiary/aromatic N) is 2. The highest BCUT2D eigenvalue weighted by molar-refractivity contribution is 6.30. The van der Waals surface area contributed by atoms with Crippen molar-refractivity contribution in [3.63, 3.8) is 0 Å². The minimum atomic E-state index is 0.577. The van der Waals surface area contributed by atoms with Gasteiger partial charge in [0.05, 0.1) is 12.6 Å². The number of hydrogen-bond acceptors (Lipinski definition) is 3. The van der Waals surface area contributed by atoms with Crippen LogP contribution in [0.4, 0.5) is 0 Å². The first-order valence-corrected chi connectivity index (χ1v) is 6.91. The molecule has 0 unspecified atom stereocenters. The van der Waals surface area contributed by atoms with Gasteiger partial charge < -0.3 is 4.74 Å². The summed E-state index contributed by atoms with van der Waals surface area (Å²) in [5, 5.41) is 1.67. The number of fused-ring (bicyclic) bond motifs is 1. The van der Waals surface area contributed by atoms with E-state index >= 15 is 0 Å². The second-order valence-corrected chi connectivity index (χ2v) is 4.82. The number of benzene rings is 1. The van der Waals surface area contributed by atoms with E-state index in [0.29, 0.717) is 5.15 Å². The zero-order chi connectivity index (χ0) is 13.8. The molecule has 102 valence electrons. The number of rotatable bonds is 5. The maximum absolute atomic E-state index is 6.28. The molecule has 19 heavy (non-hydrogen) atoms. The SMILES string of the molecule is CCN(CC)Cc1cc2ccc(OC)cc2nc1Cl. The van der Waals surface area contributed by atoms with Crippen LogP contribution in [0.5, 0.6) is 5.75 Å². The molecule has 0 atom stereocenters. The third-order valence-corrected chi connectivity index (χ3v) is 3.67. The van der Waals surface area contributed by atoms with Gasteiger partial charge in [0.2, 0.25) is 0 Å². The quantitative estimate of drug-likeness (QED) is 0.779. The van der Waals surface area contributed by atoms with Crippen molar-refractivity contribution in [2.24, 2.45) is 0 Å². The predicted molar refractivity (Wildman–Crippen MR) is 79.9 cm³/mol. The first-order valence-electron chi connectivity index (χ1n) is 6.53. The Hall–Kier alpha value is -1.32. The second kappa shape index (κ2) is 6.22. The molecule has 0 amide bonds. The molecule has 1 heterocycles. The molecule has 0 fully saturated rings. The summed E-state index contributed by atoms with van der Waals surface area (Å²) in [4.78, 5) is 6.78. The summed E-state index contributed by atoms with van der Waals surface area (Å²) in [7, 11) is 1.65. The van der Waals surface area contributed by atoms with E-state index in [9.17, 15) is 0 Å². The van der Waals surface area contributed by atoms with Crippen molar-refractivity contribution < 1.29 is 4.74 Å². The van der Waals surface area contributed by atoms with Crippen molar-refractivity contribution in [3.05, 3.63) is 35.0 Å². The van der Waals surface area contributed by atoms with Gasteiger partial charge in [-0.05, 0) is 31.3 Å². The smallest absolute Gasteiger partial charge is 0.134 e. The van der Waals surface area contributed by atoms with E-state index in [1.54, 1.807) is 7.11 Å². The van der Waals surface area contributed by atoms with Gasteiger partial charge in [-0.2, -0.15) is 0 Å². The van der Waals surface area contributed by atoms with E-state index in [4.69, 9.17) is 16.3 Å². The van der Waals surface area contributed by atoms with Gasteiger partial charge in [0.25, 0.3) is 0 Å². The summed E-state index contributed by atoms with van der Waals surface area (Å²) < 4.78 is 5.20. The van der Waals surface area contributed by atoms with Crippen molar-refractivity contribution in [2.75, 3.05) is 20.2 Å². The van der Waals surface area contributed by atoms with E-state index in [2.05, 4.69) is 29.8 Å². The molecule has 4 heteroatoms. The average molecular weight is 279 g/mol. The third kappa shape index (κ3) is 3.17. The van der Waals surface area contributed by atoms with Gasteiger partial charge in [-0.25, -0.2) is 4.98 Å². The molecule has 0 aliphatic rings. The van der Waals surface area contributed by atoms with Gasteiger partial charge in [-0.3, -0.25) is 4.90 Å². The molecular formula is C15H19ClN2O. The van der Waals surface area contributed by atoms with Crippen LogP contribution in [0.3, 0.4) is 0 Å². The number of pyridine rings is 1. The van der Waals surface area contributed by atoms with Crippen LogP contribution in [0.1, 0.15) is 19.4 Å². The Bertz CT molecular complexity index is 567. The molecule has 3 nitrogen and oxygen atoms in total. The number of hydrogen-bond donors (Lipinski definition) is 0. The molecule has 0 saturated heterocycles. The standard InChI is InChI=1S/C15H19ClN2O/c1-4-18(5-2)10-12-8-11-6-7-13(19-3)9-14(11)17-15(12)16/h6-9H,4-5,10H2,1-3H3. The van der Waals surface area contributed by atoms with Crippen molar-refractivity contribution in [1.82, 2.24) is 9.88 Å². The molecule has 0 saturated carbocycles. The minimum absolute atomic E-state index is 0.577. The lowest BCUT2D eigenvalue weighted by molar-refractivity contribution is 0.296. The first-order chi connectivity index (χ1) is 9.17. The average Bonchev–Trinajstić information content (AvgIpc) is 2.44. The highest BCUT2D eigenvalue weighted by Crippen LogP contribution is 2.25. The monoisotopic (exact) mass is 278 g/mol. The van der Waals surface area contributed by atoms with Crippen LogP contribution < -0.4 is 4.74 Å². The summed E-state index contributed by atoms with van der Waals surface area (Å²) >= 11 is 6.28. The van der Waals surface area contributed by atoms with Crippen molar-refractivity contribution in [2.45, 2.75) is 20.4 Å². The summed E-state index contributed by atoms with van der Waals surface area (Å²) in [5.74, 6) is 0.799. The van der Waals surface area contributed by atoms with Crippen molar-refractivity contribution in [3.8, 4) is 5.75 Å². The Labute approximate surface area is 119 Å². The number of halogens is 1. The topological polar surface area (TPSA) is 25.4 Å². The highest BCUT2D eigenvalue weighted by atomic mass is 35.5. The largest absolute Gasteiger partial charge is 0.497 e. The molecule has 0 N–H and O–H groups in total. The van der Waals surface area contributed by atoms with E-state index < -0.39 is 0 Å². The molecule has 1 aromatic carbocycles. The fourth-order valence-corrected chi connectivity index (χ4v) is 2.30. The Morgan fingerprint density at radius 2 is 1.95 bits per heavy atom. The third-order valence-electron chi connectivity index (χ3n) is 3.34. The summed E-state index contributed by atoms with van der Waals surface area (Å²) in [6, 6.07) is 7.98. The molecule has 0 radical (unpaired) electrons. The fraction of sp³-hybridized carbons (Fsp3) is 0.400. The van der Waals surface area contributed by atoms with Gasteiger partial charge in [-0.15, -0.1) is 0 Å². The van der Waals surface area contributed by atoms with E-state index in [1.165, 1.54) is 0 Å². The normalized spacial score (nSPS) is 11.2. The lowest BCUT2D eigenvalue weighted by atomic mass is 10.1. The Balaban J connectivity index is 2.38. The number of aromatic nitrogens is 1. The molecule has 0 aliphatic carbocycles. The van der Waals surface area contributed by atoms with Crippen LogP contribution in [-0.4, -0.2) is 30.1 Å². The maximum atomic E-state index is 6.28. The molecule has 2 rings (SSSR count). The zero-order valence-electron chi connectivity index (χ0n) is 11.6. The Kier molecular flexibility index (Phi) is 4.61. The van der Waals surface area contributed by atoms with Gasteiger partial charge in [0.15, 0.2) is 0 Å². The maximum Gasteiger partial charge on any atom is 0.134 e. The number of methoxy groups -OCH3 is 1. The van der Waals surface area contributed by atoms with Crippen LogP contribution in [0.2, 0.25) is 5.15 Å². The van der Waals surface area contributed by atoms with Gasteiger partial charge in [0.1, 0.15) is 10.9 Å². The van der Waals surface area contributed by atoms with Crippen LogP contribution >= 0.6 is 11.6 Å². The zero-order valence-corrected chi connectivity index (χ0v) is 12.4. The lowest BCUT2D eigenvalue weighted by Crippen LogP contribution is -2.22. The molecular weight excluding hydrogens is 260 g/mol. The molecule has 0 aliphatic heterocycles. The number of ether oxygens (including phenoxy) is 1. The van der Waals surface area contributed by atoms with E-state index in [1.807, 2.05) is 18.2 Å². The van der Waals surface area contributed by atoms with Gasteiger partial charge >= 0.3 is 0 Å². The van der Waals surface area contributed by atoms with Crippen LogP contribution in [-0.2, 0) is 6.54 Å². The minimum Gasteiger partial charge on any atom is -0.497 e. The molecule has 1 aromatic heterocycles. The van der Waals surface area contributed by atoms with Crippen LogP contribution in [0.25, 0.3) is 10.9 Å². The first kappa shape index (κ1) is 14.1. The molecule has 0 bridgehead atoms. The second-order valence-electron chi connectivity index (χ2n) is 4.46.